The van der Waals surface area contributed by atoms with Crippen LogP contribution in [0.1, 0.15) is 23.2 Å². The fourth-order valence-corrected chi connectivity index (χ4v) is 2.41. The van der Waals surface area contributed by atoms with Crippen LogP contribution >= 0.6 is 11.8 Å². The lowest BCUT2D eigenvalue weighted by atomic mass is 10.1. The van der Waals surface area contributed by atoms with Gasteiger partial charge in [0.25, 0.3) is 0 Å². The van der Waals surface area contributed by atoms with Gasteiger partial charge < -0.3 is 4.57 Å². The molecule has 0 aliphatic heterocycles. The van der Waals surface area contributed by atoms with Crippen LogP contribution in [0.3, 0.4) is 0 Å². The highest BCUT2D eigenvalue weighted by molar-refractivity contribution is 7.99. The third-order valence-corrected chi connectivity index (χ3v) is 3.74. The second-order valence-electron chi connectivity index (χ2n) is 4.11. The van der Waals surface area contributed by atoms with E-state index in [2.05, 4.69) is 10.2 Å². The molecule has 1 aromatic carbocycles. The predicted octanol–water partition coefficient (Wildman–Crippen LogP) is 2.71. The predicted molar refractivity (Wildman–Crippen MR) is 71.7 cm³/mol. The van der Waals surface area contributed by atoms with Crippen molar-refractivity contribution in [1.82, 2.24) is 14.8 Å². The number of halogens is 1. The lowest BCUT2D eigenvalue weighted by Gasteiger charge is -2.01. The molecule has 0 radical (unpaired) electrons. The molecule has 1 aromatic heterocycles. The summed E-state index contributed by atoms with van der Waals surface area (Å²) in [7, 11) is 1.88. The minimum Gasteiger partial charge on any atom is -0.312 e. The standard InChI is InChI=1S/C13H14FN3OS/c1-17-9-15-16-13(17)19-8-2-3-12(18)10-4-6-11(14)7-5-10/h4-7,9H,2-3,8H2,1H3. The highest BCUT2D eigenvalue weighted by Crippen LogP contribution is 2.16. The van der Waals surface area contributed by atoms with Gasteiger partial charge in [-0.3, -0.25) is 4.79 Å². The van der Waals surface area contributed by atoms with Crippen molar-refractivity contribution < 1.29 is 9.18 Å². The molecule has 0 aliphatic rings. The van der Waals surface area contributed by atoms with E-state index < -0.39 is 0 Å². The van der Waals surface area contributed by atoms with Crippen molar-refractivity contribution in [3.63, 3.8) is 0 Å². The van der Waals surface area contributed by atoms with E-state index in [1.54, 1.807) is 18.1 Å². The van der Waals surface area contributed by atoms with Crippen LogP contribution < -0.4 is 0 Å². The molecule has 6 heteroatoms. The Hall–Kier alpha value is -1.69. The minimum absolute atomic E-state index is 0.0403. The highest BCUT2D eigenvalue weighted by Gasteiger charge is 2.07. The van der Waals surface area contributed by atoms with Gasteiger partial charge in [-0.25, -0.2) is 4.39 Å². The van der Waals surface area contributed by atoms with E-state index in [0.717, 1.165) is 17.3 Å². The molecule has 19 heavy (non-hydrogen) atoms. The molecular weight excluding hydrogens is 265 g/mol. The molecule has 2 rings (SSSR count). The zero-order valence-electron chi connectivity index (χ0n) is 10.5. The van der Waals surface area contributed by atoms with Crippen LogP contribution in [-0.4, -0.2) is 26.3 Å². The molecule has 2 aromatic rings. The molecule has 1 heterocycles. The van der Waals surface area contributed by atoms with Gasteiger partial charge in [-0.05, 0) is 30.7 Å². The largest absolute Gasteiger partial charge is 0.312 e. The summed E-state index contributed by atoms with van der Waals surface area (Å²) < 4.78 is 14.6. The second kappa shape index (κ2) is 6.47. The highest BCUT2D eigenvalue weighted by atomic mass is 32.2. The lowest BCUT2D eigenvalue weighted by Crippen LogP contribution is -2.00. The Morgan fingerprint density at radius 3 is 2.74 bits per heavy atom. The Morgan fingerprint density at radius 1 is 1.37 bits per heavy atom. The van der Waals surface area contributed by atoms with Gasteiger partial charge in [-0.2, -0.15) is 0 Å². The number of carbonyl (C=O) groups is 1. The van der Waals surface area contributed by atoms with Crippen LogP contribution in [0.5, 0.6) is 0 Å². The minimum atomic E-state index is -0.325. The van der Waals surface area contributed by atoms with Crippen LogP contribution in [0, 0.1) is 5.82 Å². The Kier molecular flexibility index (Phi) is 4.68. The number of carbonyl (C=O) groups excluding carboxylic acids is 1. The number of benzene rings is 1. The van der Waals surface area contributed by atoms with E-state index in [1.165, 1.54) is 24.3 Å². The van der Waals surface area contributed by atoms with Gasteiger partial charge >= 0.3 is 0 Å². The molecule has 0 amide bonds. The molecule has 4 nitrogen and oxygen atoms in total. The van der Waals surface area contributed by atoms with Crippen molar-refractivity contribution in [1.29, 1.82) is 0 Å². The van der Waals surface area contributed by atoms with E-state index in [-0.39, 0.29) is 11.6 Å². The average molecular weight is 279 g/mol. The van der Waals surface area contributed by atoms with Crippen LogP contribution in [0.15, 0.2) is 35.7 Å². The molecule has 0 saturated heterocycles. The van der Waals surface area contributed by atoms with Crippen LogP contribution in [0.25, 0.3) is 0 Å². The zero-order valence-corrected chi connectivity index (χ0v) is 11.4. The fourth-order valence-electron chi connectivity index (χ4n) is 1.58. The summed E-state index contributed by atoms with van der Waals surface area (Å²) in [6.45, 7) is 0. The van der Waals surface area contributed by atoms with Crippen molar-refractivity contribution >= 4 is 17.5 Å². The van der Waals surface area contributed by atoms with E-state index in [1.807, 2.05) is 11.6 Å². The molecule has 0 atom stereocenters. The van der Waals surface area contributed by atoms with E-state index in [0.29, 0.717) is 12.0 Å². The summed E-state index contributed by atoms with van der Waals surface area (Å²) >= 11 is 1.57. The van der Waals surface area contributed by atoms with E-state index >= 15 is 0 Å². The van der Waals surface area contributed by atoms with Crippen molar-refractivity contribution in [2.24, 2.45) is 7.05 Å². The summed E-state index contributed by atoms with van der Waals surface area (Å²) in [6, 6.07) is 5.66. The summed E-state index contributed by atoms with van der Waals surface area (Å²) in [5, 5.41) is 8.57. The molecule has 0 spiro atoms. The SMILES string of the molecule is Cn1cnnc1SCCCC(=O)c1ccc(F)cc1. The molecule has 0 aliphatic carbocycles. The summed E-state index contributed by atoms with van der Waals surface area (Å²) in [5.41, 5.74) is 0.560. The summed E-state index contributed by atoms with van der Waals surface area (Å²) in [5.74, 6) is 0.521. The third-order valence-electron chi connectivity index (χ3n) is 2.62. The normalized spacial score (nSPS) is 10.6. The fraction of sp³-hybridized carbons (Fsp3) is 0.308. The topological polar surface area (TPSA) is 47.8 Å². The average Bonchev–Trinajstić information content (AvgIpc) is 2.81. The number of thioether (sulfide) groups is 1. The monoisotopic (exact) mass is 279 g/mol. The Balaban J connectivity index is 1.75. The van der Waals surface area contributed by atoms with Gasteiger partial charge in [0, 0.05) is 24.8 Å². The van der Waals surface area contributed by atoms with E-state index in [9.17, 15) is 9.18 Å². The Morgan fingerprint density at radius 2 is 2.11 bits per heavy atom. The summed E-state index contributed by atoms with van der Waals surface area (Å²) in [6.07, 6.45) is 2.86. The number of rotatable bonds is 6. The molecule has 0 N–H and O–H groups in total. The quantitative estimate of drug-likeness (QED) is 0.463. The molecule has 0 bridgehead atoms. The van der Waals surface area contributed by atoms with Gasteiger partial charge in [-0.15, -0.1) is 10.2 Å². The zero-order chi connectivity index (χ0) is 13.7. The van der Waals surface area contributed by atoms with Gasteiger partial charge in [0.1, 0.15) is 12.1 Å². The number of hydrogen-bond donors (Lipinski definition) is 0. The maximum atomic E-state index is 12.7. The van der Waals surface area contributed by atoms with Crippen LogP contribution in [0.2, 0.25) is 0 Å². The second-order valence-corrected chi connectivity index (χ2v) is 5.17. The van der Waals surface area contributed by atoms with E-state index in [4.69, 9.17) is 0 Å². The van der Waals surface area contributed by atoms with Crippen LogP contribution in [-0.2, 0) is 7.05 Å². The van der Waals surface area contributed by atoms with Gasteiger partial charge in [0.15, 0.2) is 10.9 Å². The number of aryl methyl sites for hydroxylation is 1. The third kappa shape index (κ3) is 3.89. The van der Waals surface area contributed by atoms with Gasteiger partial charge in [-0.1, -0.05) is 11.8 Å². The molecule has 0 fully saturated rings. The number of ketones is 1. The summed E-state index contributed by atoms with van der Waals surface area (Å²) in [4.78, 5) is 11.8. The number of Topliss-reactive ketones (excluding diaryl/α,β-unsaturated/α-hetero) is 1. The van der Waals surface area contributed by atoms with Gasteiger partial charge in [0.05, 0.1) is 0 Å². The number of hydrogen-bond acceptors (Lipinski definition) is 4. The number of aromatic nitrogens is 3. The number of nitrogens with zero attached hydrogens (tertiary/aromatic N) is 3. The molecule has 0 unspecified atom stereocenters. The molecule has 100 valence electrons. The van der Waals surface area contributed by atoms with Gasteiger partial charge in [0.2, 0.25) is 0 Å². The van der Waals surface area contributed by atoms with Crippen molar-refractivity contribution in [3.05, 3.63) is 42.0 Å². The first kappa shape index (κ1) is 13.7. The maximum absolute atomic E-state index is 12.7. The Bertz CT molecular complexity index is 553. The molecule has 0 saturated carbocycles. The van der Waals surface area contributed by atoms with Crippen molar-refractivity contribution in [2.75, 3.05) is 5.75 Å². The first-order valence-electron chi connectivity index (χ1n) is 5.92. The first-order valence-corrected chi connectivity index (χ1v) is 6.91. The maximum Gasteiger partial charge on any atom is 0.190 e. The van der Waals surface area contributed by atoms with Crippen molar-refractivity contribution in [2.45, 2.75) is 18.0 Å². The lowest BCUT2D eigenvalue weighted by molar-refractivity contribution is 0.0982. The Labute approximate surface area is 115 Å². The molecular formula is C13H14FN3OS. The van der Waals surface area contributed by atoms with Crippen LogP contribution in [0.4, 0.5) is 4.39 Å². The smallest absolute Gasteiger partial charge is 0.190 e. The first-order chi connectivity index (χ1) is 9.16. The van der Waals surface area contributed by atoms with Crippen molar-refractivity contribution in [3.8, 4) is 0 Å².